The Morgan fingerprint density at radius 1 is 1.13 bits per heavy atom. The molecule has 0 unspecified atom stereocenters. The molecule has 1 heterocycles. The number of hydrogen-bond acceptors (Lipinski definition) is 5. The van der Waals surface area contributed by atoms with Crippen LogP contribution in [0.4, 0.5) is 16.2 Å². The van der Waals surface area contributed by atoms with Crippen molar-refractivity contribution in [3.63, 3.8) is 0 Å². The lowest BCUT2D eigenvalue weighted by Gasteiger charge is -2.24. The average molecular weight is 413 g/mol. The summed E-state index contributed by atoms with van der Waals surface area (Å²) in [5.41, 5.74) is 1.41. The van der Waals surface area contributed by atoms with Crippen molar-refractivity contribution in [3.05, 3.63) is 42.0 Å². The van der Waals surface area contributed by atoms with Gasteiger partial charge in [0.25, 0.3) is 0 Å². The molecule has 0 atom stereocenters. The highest BCUT2D eigenvalue weighted by Gasteiger charge is 2.36. The molecular weight excluding hydrogens is 386 g/mol. The zero-order valence-electron chi connectivity index (χ0n) is 17.9. The first-order valence-corrected chi connectivity index (χ1v) is 9.56. The third-order valence-corrected chi connectivity index (χ3v) is 4.95. The van der Waals surface area contributed by atoms with Crippen LogP contribution in [0.5, 0.6) is 17.2 Å². The lowest BCUT2D eigenvalue weighted by molar-refractivity contribution is -0.127. The molecule has 0 saturated heterocycles. The van der Waals surface area contributed by atoms with Crippen molar-refractivity contribution in [1.82, 2.24) is 5.32 Å². The van der Waals surface area contributed by atoms with Crippen LogP contribution in [-0.2, 0) is 11.3 Å². The molecule has 8 heteroatoms. The normalized spacial score (nSPS) is 14.8. The van der Waals surface area contributed by atoms with Crippen molar-refractivity contribution in [2.24, 2.45) is 5.41 Å². The fourth-order valence-corrected chi connectivity index (χ4v) is 3.21. The van der Waals surface area contributed by atoms with Crippen molar-refractivity contribution in [3.8, 4) is 17.2 Å². The Labute approximate surface area is 176 Å². The predicted octanol–water partition coefficient (Wildman–Crippen LogP) is 3.41. The van der Waals surface area contributed by atoms with E-state index in [1.54, 1.807) is 56.5 Å². The molecule has 0 spiro atoms. The van der Waals surface area contributed by atoms with Crippen LogP contribution in [0.2, 0.25) is 0 Å². The van der Waals surface area contributed by atoms with E-state index in [1.165, 1.54) is 0 Å². The van der Waals surface area contributed by atoms with E-state index >= 15 is 0 Å². The largest absolute Gasteiger partial charge is 0.493 e. The van der Waals surface area contributed by atoms with Gasteiger partial charge in [-0.25, -0.2) is 4.79 Å². The first-order chi connectivity index (χ1) is 14.2. The maximum absolute atomic E-state index is 12.6. The molecule has 3 rings (SSSR count). The molecule has 0 bridgehead atoms. The van der Waals surface area contributed by atoms with E-state index in [0.29, 0.717) is 41.8 Å². The van der Waals surface area contributed by atoms with Gasteiger partial charge < -0.3 is 29.7 Å². The predicted molar refractivity (Wildman–Crippen MR) is 115 cm³/mol. The molecule has 0 radical (unpaired) electrons. The zero-order chi connectivity index (χ0) is 21.9. The fourth-order valence-electron chi connectivity index (χ4n) is 3.21. The van der Waals surface area contributed by atoms with Crippen LogP contribution in [0.25, 0.3) is 0 Å². The molecular formula is C22H27N3O5. The van der Waals surface area contributed by atoms with Crippen LogP contribution in [-0.4, -0.2) is 39.8 Å². The molecule has 3 amide bonds. The average Bonchev–Trinajstić information content (AvgIpc) is 2.82. The highest BCUT2D eigenvalue weighted by Crippen LogP contribution is 2.37. The molecule has 8 nitrogen and oxygen atoms in total. The molecule has 30 heavy (non-hydrogen) atoms. The highest BCUT2D eigenvalue weighted by molar-refractivity contribution is 6.00. The number of methoxy groups -OCH3 is 2. The van der Waals surface area contributed by atoms with Crippen molar-refractivity contribution in [2.75, 3.05) is 38.1 Å². The summed E-state index contributed by atoms with van der Waals surface area (Å²) in [7, 11) is 4.84. The molecule has 2 aromatic rings. The Kier molecular flexibility index (Phi) is 6.05. The van der Waals surface area contributed by atoms with Gasteiger partial charge in [0, 0.05) is 19.3 Å². The van der Waals surface area contributed by atoms with Gasteiger partial charge in [0.05, 0.1) is 25.3 Å². The van der Waals surface area contributed by atoms with E-state index in [-0.39, 0.29) is 11.9 Å². The van der Waals surface area contributed by atoms with Gasteiger partial charge in [-0.2, -0.15) is 0 Å². The topological polar surface area (TPSA) is 89.1 Å². The zero-order valence-corrected chi connectivity index (χ0v) is 17.9. The summed E-state index contributed by atoms with van der Waals surface area (Å²) in [5, 5.41) is 5.59. The van der Waals surface area contributed by atoms with Crippen molar-refractivity contribution in [2.45, 2.75) is 20.4 Å². The SMILES string of the molecule is COc1ccc(CNC(=O)Nc2ccc3c(c2)N(C)C(=O)C(C)(C)CO3)cc1OC. The number of hydrogen-bond donors (Lipinski definition) is 2. The molecule has 0 aliphatic carbocycles. The Morgan fingerprint density at radius 3 is 2.57 bits per heavy atom. The van der Waals surface area contributed by atoms with E-state index in [9.17, 15) is 9.59 Å². The Morgan fingerprint density at radius 2 is 1.87 bits per heavy atom. The minimum atomic E-state index is -0.627. The molecule has 1 aliphatic rings. The number of amides is 3. The van der Waals surface area contributed by atoms with Crippen molar-refractivity contribution < 1.29 is 23.8 Å². The second kappa shape index (κ2) is 8.52. The summed E-state index contributed by atoms with van der Waals surface area (Å²) in [6.45, 7) is 4.30. The van der Waals surface area contributed by atoms with E-state index in [1.807, 2.05) is 19.9 Å². The number of fused-ring (bicyclic) bond motifs is 1. The van der Waals surface area contributed by atoms with Gasteiger partial charge in [0.2, 0.25) is 5.91 Å². The van der Waals surface area contributed by atoms with Crippen LogP contribution in [0.3, 0.4) is 0 Å². The standard InChI is InChI=1S/C22H27N3O5/c1-22(2)13-30-17-9-7-15(11-16(17)25(3)20(22)26)24-21(27)23-12-14-6-8-18(28-4)19(10-14)29-5/h6-11H,12-13H2,1-5H3,(H2,23,24,27). The lowest BCUT2D eigenvalue weighted by Crippen LogP contribution is -2.39. The third kappa shape index (κ3) is 4.42. The molecule has 2 N–H and O–H groups in total. The van der Waals surface area contributed by atoms with Crippen molar-refractivity contribution >= 4 is 23.3 Å². The number of urea groups is 1. The Bertz CT molecular complexity index is 958. The maximum atomic E-state index is 12.6. The van der Waals surface area contributed by atoms with Gasteiger partial charge in [-0.3, -0.25) is 4.79 Å². The minimum Gasteiger partial charge on any atom is -0.493 e. The van der Waals surface area contributed by atoms with Crippen LogP contribution in [0, 0.1) is 5.41 Å². The summed E-state index contributed by atoms with van der Waals surface area (Å²) in [6.07, 6.45) is 0. The van der Waals surface area contributed by atoms with Gasteiger partial charge in [-0.05, 0) is 49.7 Å². The van der Waals surface area contributed by atoms with Gasteiger partial charge in [-0.1, -0.05) is 6.07 Å². The number of nitrogens with one attached hydrogen (secondary N) is 2. The number of rotatable bonds is 5. The minimum absolute atomic E-state index is 0.0451. The number of nitrogens with zero attached hydrogens (tertiary/aromatic N) is 1. The van der Waals surface area contributed by atoms with E-state index < -0.39 is 5.41 Å². The first kappa shape index (κ1) is 21.3. The van der Waals surface area contributed by atoms with Crippen LogP contribution in [0.15, 0.2) is 36.4 Å². The number of anilines is 2. The Balaban J connectivity index is 1.67. The third-order valence-electron chi connectivity index (χ3n) is 4.95. The van der Waals surface area contributed by atoms with Gasteiger partial charge in [0.15, 0.2) is 11.5 Å². The van der Waals surface area contributed by atoms with Gasteiger partial charge in [-0.15, -0.1) is 0 Å². The number of benzene rings is 2. The second-order valence-electron chi connectivity index (χ2n) is 7.72. The smallest absolute Gasteiger partial charge is 0.319 e. The van der Waals surface area contributed by atoms with Crippen LogP contribution in [0.1, 0.15) is 19.4 Å². The molecule has 0 fully saturated rings. The molecule has 1 aliphatic heterocycles. The van der Waals surface area contributed by atoms with Crippen LogP contribution < -0.4 is 29.7 Å². The van der Waals surface area contributed by atoms with Crippen molar-refractivity contribution in [1.29, 1.82) is 0 Å². The lowest BCUT2D eigenvalue weighted by atomic mass is 9.93. The first-order valence-electron chi connectivity index (χ1n) is 9.56. The summed E-state index contributed by atoms with van der Waals surface area (Å²) >= 11 is 0. The number of carbonyl (C=O) groups excluding carboxylic acids is 2. The quantitative estimate of drug-likeness (QED) is 0.784. The summed E-state index contributed by atoms with van der Waals surface area (Å²) in [5.74, 6) is 1.78. The number of carbonyl (C=O) groups is 2. The fraction of sp³-hybridized carbons (Fsp3) is 0.364. The summed E-state index contributed by atoms with van der Waals surface area (Å²) in [4.78, 5) is 26.6. The summed E-state index contributed by atoms with van der Waals surface area (Å²) < 4.78 is 16.3. The number of ether oxygens (including phenoxy) is 3. The molecule has 0 saturated carbocycles. The van der Waals surface area contributed by atoms with E-state index in [4.69, 9.17) is 14.2 Å². The Hall–Kier alpha value is -3.42. The molecule has 0 aromatic heterocycles. The second-order valence-corrected chi connectivity index (χ2v) is 7.72. The van der Waals surface area contributed by atoms with Crippen LogP contribution >= 0.6 is 0 Å². The maximum Gasteiger partial charge on any atom is 0.319 e. The van der Waals surface area contributed by atoms with E-state index in [2.05, 4.69) is 10.6 Å². The van der Waals surface area contributed by atoms with Gasteiger partial charge >= 0.3 is 6.03 Å². The molecule has 2 aromatic carbocycles. The van der Waals surface area contributed by atoms with Gasteiger partial charge in [0.1, 0.15) is 12.4 Å². The monoisotopic (exact) mass is 413 g/mol. The summed E-state index contributed by atoms with van der Waals surface area (Å²) in [6, 6.07) is 10.3. The highest BCUT2D eigenvalue weighted by atomic mass is 16.5. The molecule has 160 valence electrons. The van der Waals surface area contributed by atoms with E-state index in [0.717, 1.165) is 5.56 Å².